The number of nitrogens with zero attached hydrogens (tertiary/aromatic N) is 1. The van der Waals surface area contributed by atoms with Gasteiger partial charge in [0, 0.05) is 6.54 Å². The summed E-state index contributed by atoms with van der Waals surface area (Å²) in [6.45, 7) is 0.162. The second kappa shape index (κ2) is 22.9. The van der Waals surface area contributed by atoms with Gasteiger partial charge in [-0.25, -0.2) is 0 Å². The van der Waals surface area contributed by atoms with Crippen molar-refractivity contribution in [1.29, 1.82) is 0 Å². The van der Waals surface area contributed by atoms with E-state index in [1.165, 1.54) is 6.92 Å². The van der Waals surface area contributed by atoms with Crippen LogP contribution in [0.15, 0.2) is 4.99 Å². The normalized spacial score (nSPS) is 24.0. The number of amides is 7. The Labute approximate surface area is 279 Å². The Balaban J connectivity index is 3.44. The van der Waals surface area contributed by atoms with Gasteiger partial charge in [0.05, 0.1) is 19.7 Å². The number of carbonyl (C=O) groups is 7. The van der Waals surface area contributed by atoms with E-state index in [1.807, 2.05) is 0 Å². The standard InChI is InChI=1S/C28H52N12O8/c1-16-23(44)34-14-22(43)37-17(7-2-4-10-29)25(46)39-19(9-6-12-33-28(31)32)26(47)38-18(8-3-5-11-30)27(48)40-20(15-41)24(45)35-13-21(42)36-16/h16-20,41H,2-15,29-30H2,1H3,(H,34,44)(H,35,45)(H,36,42)(H,37,43)(H,38,47)(H,39,46)(H,40,48)(H4,31,32,33)/t16-,17+,18-,19-,20-/m0/s1. The predicted molar refractivity (Wildman–Crippen MR) is 174 cm³/mol. The lowest BCUT2D eigenvalue weighted by molar-refractivity contribution is -0.135. The Morgan fingerprint density at radius 3 is 1.54 bits per heavy atom. The first-order valence-electron chi connectivity index (χ1n) is 15.9. The number of aliphatic imine (C=N–C) groups is 1. The van der Waals surface area contributed by atoms with E-state index in [2.05, 4.69) is 42.2 Å². The van der Waals surface area contributed by atoms with Crippen LogP contribution in [-0.2, 0) is 33.6 Å². The van der Waals surface area contributed by atoms with Crippen LogP contribution in [0.1, 0.15) is 58.3 Å². The molecule has 1 heterocycles. The molecule has 0 spiro atoms. The number of rotatable bonds is 13. The van der Waals surface area contributed by atoms with Crippen LogP contribution < -0.4 is 60.2 Å². The molecule has 5 atom stereocenters. The highest BCUT2D eigenvalue weighted by Crippen LogP contribution is 2.07. The van der Waals surface area contributed by atoms with E-state index in [0.29, 0.717) is 38.8 Å². The van der Waals surface area contributed by atoms with Crippen molar-refractivity contribution >= 4 is 47.3 Å². The van der Waals surface area contributed by atoms with E-state index >= 15 is 0 Å². The Morgan fingerprint density at radius 1 is 0.625 bits per heavy atom. The molecule has 0 unspecified atom stereocenters. The lowest BCUT2D eigenvalue weighted by Gasteiger charge is -2.26. The average molecular weight is 685 g/mol. The van der Waals surface area contributed by atoms with Crippen molar-refractivity contribution in [1.82, 2.24) is 37.2 Å². The van der Waals surface area contributed by atoms with E-state index in [-0.39, 0.29) is 38.2 Å². The molecule has 0 aromatic heterocycles. The number of unbranched alkanes of at least 4 members (excludes halogenated alkanes) is 2. The smallest absolute Gasteiger partial charge is 0.245 e. The van der Waals surface area contributed by atoms with Crippen molar-refractivity contribution in [2.75, 3.05) is 39.3 Å². The molecular formula is C28H52N12O8. The SMILES string of the molecule is C[C@@H]1NC(=O)CNC(=O)[C@H](CO)NC(=O)[C@H](CCCCN)NC(=O)[C@H](CCCN=C(N)N)NC(=O)[C@@H](CCCCN)NC(=O)CNC1=O. The second-order valence-electron chi connectivity index (χ2n) is 11.2. The fourth-order valence-corrected chi connectivity index (χ4v) is 4.52. The highest BCUT2D eigenvalue weighted by molar-refractivity contribution is 5.97. The maximum absolute atomic E-state index is 13.6. The highest BCUT2D eigenvalue weighted by atomic mass is 16.3. The van der Waals surface area contributed by atoms with Crippen molar-refractivity contribution < 1.29 is 38.7 Å². The van der Waals surface area contributed by atoms with Gasteiger partial charge in [0.25, 0.3) is 0 Å². The molecule has 7 amide bonds. The van der Waals surface area contributed by atoms with Gasteiger partial charge in [0.2, 0.25) is 41.4 Å². The highest BCUT2D eigenvalue weighted by Gasteiger charge is 2.31. The number of nitrogens with one attached hydrogen (secondary N) is 7. The third-order valence-corrected chi connectivity index (χ3v) is 7.19. The third-order valence-electron chi connectivity index (χ3n) is 7.19. The Bertz CT molecular complexity index is 1130. The number of hydrogen-bond acceptors (Lipinski definition) is 11. The zero-order valence-corrected chi connectivity index (χ0v) is 27.3. The molecule has 0 aromatic rings. The summed E-state index contributed by atoms with van der Waals surface area (Å²) in [6.07, 6.45) is 2.45. The van der Waals surface area contributed by atoms with Gasteiger partial charge in [-0.3, -0.25) is 38.6 Å². The first-order chi connectivity index (χ1) is 22.8. The van der Waals surface area contributed by atoms with Crippen molar-refractivity contribution in [2.45, 2.75) is 88.5 Å². The van der Waals surface area contributed by atoms with Gasteiger partial charge in [-0.15, -0.1) is 0 Å². The Morgan fingerprint density at radius 2 is 1.06 bits per heavy atom. The van der Waals surface area contributed by atoms with Crippen LogP contribution >= 0.6 is 0 Å². The van der Waals surface area contributed by atoms with Crippen LogP contribution in [0.3, 0.4) is 0 Å². The summed E-state index contributed by atoms with van der Waals surface area (Å²) in [6, 6.07) is -6.14. The molecule has 20 nitrogen and oxygen atoms in total. The zero-order valence-electron chi connectivity index (χ0n) is 27.3. The molecule has 0 saturated carbocycles. The Kier molecular flexibility index (Phi) is 19.8. The van der Waals surface area contributed by atoms with E-state index in [4.69, 9.17) is 22.9 Å². The minimum Gasteiger partial charge on any atom is -0.394 e. The lowest BCUT2D eigenvalue weighted by atomic mass is 10.0. The molecule has 0 bridgehead atoms. The molecule has 1 fully saturated rings. The first-order valence-corrected chi connectivity index (χ1v) is 15.9. The van der Waals surface area contributed by atoms with E-state index in [9.17, 15) is 38.7 Å². The summed E-state index contributed by atoms with van der Waals surface area (Å²) >= 11 is 0. The topological polar surface area (TPSA) is 340 Å². The third kappa shape index (κ3) is 16.3. The van der Waals surface area contributed by atoms with Crippen LogP contribution in [0.25, 0.3) is 0 Å². The van der Waals surface area contributed by atoms with Crippen molar-refractivity contribution in [2.24, 2.45) is 27.9 Å². The second-order valence-corrected chi connectivity index (χ2v) is 11.2. The first kappa shape index (κ1) is 41.5. The molecule has 1 aliphatic rings. The van der Waals surface area contributed by atoms with Crippen LogP contribution in [0, 0.1) is 0 Å². The van der Waals surface area contributed by atoms with Crippen molar-refractivity contribution in [3.05, 3.63) is 0 Å². The number of carbonyl (C=O) groups excluding carboxylic acids is 7. The fourth-order valence-electron chi connectivity index (χ4n) is 4.52. The molecule has 0 radical (unpaired) electrons. The van der Waals surface area contributed by atoms with Crippen LogP contribution in [0.4, 0.5) is 0 Å². The summed E-state index contributed by atoms with van der Waals surface area (Å²) < 4.78 is 0. The lowest BCUT2D eigenvalue weighted by Crippen LogP contribution is -2.59. The largest absolute Gasteiger partial charge is 0.394 e. The van der Waals surface area contributed by atoms with Gasteiger partial charge in [-0.2, -0.15) is 0 Å². The number of aliphatic hydroxyl groups is 1. The monoisotopic (exact) mass is 684 g/mol. The van der Waals surface area contributed by atoms with Gasteiger partial charge in [-0.05, 0) is 71.4 Å². The van der Waals surface area contributed by atoms with Crippen molar-refractivity contribution in [3.8, 4) is 0 Å². The van der Waals surface area contributed by atoms with E-state index in [1.54, 1.807) is 0 Å². The molecule has 1 aliphatic heterocycles. The number of aliphatic hydroxyl groups excluding tert-OH is 1. The fraction of sp³-hybridized carbons (Fsp3) is 0.714. The summed E-state index contributed by atoms with van der Waals surface area (Å²) in [5.41, 5.74) is 22.0. The molecule has 1 rings (SSSR count). The van der Waals surface area contributed by atoms with Crippen LogP contribution in [-0.4, -0.2) is 122 Å². The summed E-state index contributed by atoms with van der Waals surface area (Å²) in [7, 11) is 0. The summed E-state index contributed by atoms with van der Waals surface area (Å²) in [5, 5.41) is 27.0. The van der Waals surface area contributed by atoms with E-state index in [0.717, 1.165) is 0 Å². The maximum atomic E-state index is 13.6. The number of guanidine groups is 1. The molecule has 272 valence electrons. The molecular weight excluding hydrogens is 632 g/mol. The van der Waals surface area contributed by atoms with Gasteiger partial charge in [0.15, 0.2) is 5.96 Å². The quantitative estimate of drug-likeness (QED) is 0.0490. The van der Waals surface area contributed by atoms with Crippen molar-refractivity contribution in [3.63, 3.8) is 0 Å². The minimum absolute atomic E-state index is 0.0333. The van der Waals surface area contributed by atoms with Gasteiger partial charge in [-0.1, -0.05) is 0 Å². The number of hydrogen-bond donors (Lipinski definition) is 12. The summed E-state index contributed by atoms with van der Waals surface area (Å²) in [5.74, 6) is -5.54. The molecule has 48 heavy (non-hydrogen) atoms. The average Bonchev–Trinajstić information content (AvgIpc) is 3.04. The summed E-state index contributed by atoms with van der Waals surface area (Å²) in [4.78, 5) is 94.6. The van der Waals surface area contributed by atoms with Crippen LogP contribution in [0.5, 0.6) is 0 Å². The predicted octanol–water partition coefficient (Wildman–Crippen LogP) is -6.02. The number of nitrogens with two attached hydrogens (primary N) is 4. The van der Waals surface area contributed by atoms with Gasteiger partial charge < -0.3 is 65.3 Å². The van der Waals surface area contributed by atoms with Crippen LogP contribution in [0.2, 0.25) is 0 Å². The zero-order chi connectivity index (χ0) is 36.1. The molecule has 0 aliphatic carbocycles. The molecule has 1 saturated heterocycles. The molecule has 20 heteroatoms. The van der Waals surface area contributed by atoms with E-state index < -0.39 is 91.3 Å². The van der Waals surface area contributed by atoms with Gasteiger partial charge >= 0.3 is 0 Å². The van der Waals surface area contributed by atoms with Gasteiger partial charge in [0.1, 0.15) is 30.2 Å². The molecule has 0 aromatic carbocycles. The Hall–Kier alpha value is -4.56. The maximum Gasteiger partial charge on any atom is 0.245 e. The molecule has 16 N–H and O–H groups in total. The minimum atomic E-state index is -1.49.